The summed E-state index contributed by atoms with van der Waals surface area (Å²) in [7, 11) is 0. The molecule has 0 heterocycles. The van der Waals surface area contributed by atoms with Gasteiger partial charge in [-0.3, -0.25) is 30.0 Å². The van der Waals surface area contributed by atoms with Crippen LogP contribution >= 0.6 is 0 Å². The van der Waals surface area contributed by atoms with Gasteiger partial charge in [-0.25, -0.2) is 11.7 Å². The van der Waals surface area contributed by atoms with Crippen molar-refractivity contribution < 1.29 is 29.4 Å². The number of hydrazine groups is 2. The van der Waals surface area contributed by atoms with Crippen LogP contribution in [0.4, 0.5) is 0 Å². The van der Waals surface area contributed by atoms with Crippen LogP contribution in [0.5, 0.6) is 0 Å². The molecule has 2 aromatic rings. The zero-order chi connectivity index (χ0) is 25.6. The Hall–Kier alpha value is -3.76. The van der Waals surface area contributed by atoms with E-state index in [-0.39, 0.29) is 24.7 Å². The second-order valence-electron chi connectivity index (χ2n) is 7.09. The van der Waals surface area contributed by atoms with Gasteiger partial charge in [0.15, 0.2) is 0 Å². The molecule has 10 heteroatoms. The molecule has 0 fully saturated rings. The van der Waals surface area contributed by atoms with Gasteiger partial charge in [-0.1, -0.05) is 62.1 Å². The number of nitrogens with two attached hydrogens (primary N) is 2. The van der Waals surface area contributed by atoms with Crippen molar-refractivity contribution in [1.82, 2.24) is 10.9 Å². The van der Waals surface area contributed by atoms with Crippen LogP contribution in [0.3, 0.4) is 0 Å². The fraction of sp³-hybridized carbons (Fsp3) is 0.333. The van der Waals surface area contributed by atoms with Crippen LogP contribution in [0.25, 0.3) is 0 Å². The minimum Gasteiger partial charge on any atom is -0.481 e. The van der Waals surface area contributed by atoms with Gasteiger partial charge in [0.1, 0.15) is 0 Å². The highest BCUT2D eigenvalue weighted by Gasteiger charge is 2.00. The van der Waals surface area contributed by atoms with Crippen LogP contribution in [0, 0.1) is 0 Å². The number of nitrogens with one attached hydrogen (secondary N) is 2. The summed E-state index contributed by atoms with van der Waals surface area (Å²) in [4.78, 5) is 41.8. The van der Waals surface area contributed by atoms with E-state index in [1.165, 1.54) is 0 Å². The van der Waals surface area contributed by atoms with Gasteiger partial charge in [-0.15, -0.1) is 0 Å². The molecular weight excluding hydrogens is 440 g/mol. The number of hydrogen-bond donors (Lipinski definition) is 6. The molecule has 0 aliphatic heterocycles. The molecular formula is C24H34N4O6. The van der Waals surface area contributed by atoms with Crippen LogP contribution in [0.2, 0.25) is 0 Å². The van der Waals surface area contributed by atoms with Crippen LogP contribution < -0.4 is 22.5 Å². The summed E-state index contributed by atoms with van der Waals surface area (Å²) >= 11 is 0. The minimum absolute atomic E-state index is 0.245. The normalized spacial score (nSPS) is 9.35. The third-order valence-electron chi connectivity index (χ3n) is 4.37. The lowest BCUT2D eigenvalue weighted by Crippen LogP contribution is -2.29. The smallest absolute Gasteiger partial charge is 0.303 e. The molecule has 10 nitrogen and oxygen atoms in total. The van der Waals surface area contributed by atoms with E-state index < -0.39 is 11.9 Å². The van der Waals surface area contributed by atoms with Gasteiger partial charge >= 0.3 is 11.9 Å². The van der Waals surface area contributed by atoms with Crippen molar-refractivity contribution in [2.75, 3.05) is 0 Å². The van der Waals surface area contributed by atoms with Crippen molar-refractivity contribution in [3.63, 3.8) is 0 Å². The zero-order valence-electron chi connectivity index (χ0n) is 19.1. The third-order valence-corrected chi connectivity index (χ3v) is 4.37. The van der Waals surface area contributed by atoms with Gasteiger partial charge in [0.2, 0.25) is 0 Å². The number of carbonyl (C=O) groups is 4. The molecule has 0 saturated carbocycles. The van der Waals surface area contributed by atoms with Crippen LogP contribution in [-0.2, 0) is 9.59 Å². The van der Waals surface area contributed by atoms with Crippen molar-refractivity contribution >= 4 is 23.8 Å². The number of amides is 2. The first kappa shape index (κ1) is 30.2. The maximum Gasteiger partial charge on any atom is 0.303 e. The van der Waals surface area contributed by atoms with Crippen LogP contribution in [0.15, 0.2) is 60.7 Å². The lowest BCUT2D eigenvalue weighted by molar-refractivity contribution is -0.138. The summed E-state index contributed by atoms with van der Waals surface area (Å²) in [6.45, 7) is 0. The predicted molar refractivity (Wildman–Crippen MR) is 128 cm³/mol. The molecule has 2 rings (SSSR count). The summed E-state index contributed by atoms with van der Waals surface area (Å²) in [5.41, 5.74) is 5.23. The summed E-state index contributed by atoms with van der Waals surface area (Å²) in [6, 6.07) is 17.6. The standard InChI is InChI=1S/C10H18O4.2C7H8N2O/c11-9(12)7-5-3-1-2-4-6-8-10(13)14;2*8-9-7(10)6-4-2-1-3-5-6/h1-8H2,(H,11,12)(H,13,14);2*1-5H,8H2,(H,9,10). The van der Waals surface area contributed by atoms with Gasteiger partial charge in [0.25, 0.3) is 11.8 Å². The molecule has 0 aliphatic carbocycles. The number of rotatable bonds is 11. The fourth-order valence-electron chi connectivity index (χ4n) is 2.61. The lowest BCUT2D eigenvalue weighted by atomic mass is 10.1. The second kappa shape index (κ2) is 19.9. The Labute approximate surface area is 199 Å². The van der Waals surface area contributed by atoms with Crippen molar-refractivity contribution in [3.8, 4) is 0 Å². The minimum atomic E-state index is -0.740. The number of carbonyl (C=O) groups excluding carboxylic acids is 2. The van der Waals surface area contributed by atoms with Crippen LogP contribution in [-0.4, -0.2) is 34.0 Å². The molecule has 0 aromatic heterocycles. The quantitative estimate of drug-likeness (QED) is 0.124. The maximum absolute atomic E-state index is 10.8. The number of unbranched alkanes of at least 4 members (excludes halogenated alkanes) is 5. The fourth-order valence-corrected chi connectivity index (χ4v) is 2.61. The summed E-state index contributed by atoms with van der Waals surface area (Å²) in [5, 5.41) is 16.7. The first-order valence-corrected chi connectivity index (χ1v) is 10.9. The molecule has 186 valence electrons. The first-order valence-electron chi connectivity index (χ1n) is 10.9. The Morgan fingerprint density at radius 1 is 0.559 bits per heavy atom. The summed E-state index contributed by atoms with van der Waals surface area (Å²) in [6.07, 6.45) is 5.82. The highest BCUT2D eigenvalue weighted by atomic mass is 16.4. The molecule has 8 N–H and O–H groups in total. The van der Waals surface area contributed by atoms with Gasteiger partial charge < -0.3 is 10.2 Å². The highest BCUT2D eigenvalue weighted by molar-refractivity contribution is 5.94. The lowest BCUT2D eigenvalue weighted by Gasteiger charge is -1.98. The number of carboxylic acid groups (broad SMARTS) is 2. The van der Waals surface area contributed by atoms with E-state index in [2.05, 4.69) is 0 Å². The maximum atomic E-state index is 10.8. The van der Waals surface area contributed by atoms with E-state index in [1.807, 2.05) is 23.0 Å². The van der Waals surface area contributed by atoms with Gasteiger partial charge in [-0.05, 0) is 37.1 Å². The first-order chi connectivity index (χ1) is 16.3. The Morgan fingerprint density at radius 3 is 1.12 bits per heavy atom. The van der Waals surface area contributed by atoms with E-state index >= 15 is 0 Å². The average molecular weight is 475 g/mol. The van der Waals surface area contributed by atoms with E-state index in [4.69, 9.17) is 21.9 Å². The average Bonchev–Trinajstić information content (AvgIpc) is 2.86. The molecule has 2 amide bonds. The topological polar surface area (TPSA) is 185 Å². The molecule has 0 radical (unpaired) electrons. The van der Waals surface area contributed by atoms with Gasteiger partial charge in [-0.2, -0.15) is 0 Å². The zero-order valence-corrected chi connectivity index (χ0v) is 19.1. The van der Waals surface area contributed by atoms with Gasteiger partial charge in [0, 0.05) is 24.0 Å². The molecule has 0 saturated heterocycles. The number of nitrogen functional groups attached to an aromatic ring is 2. The second-order valence-corrected chi connectivity index (χ2v) is 7.09. The predicted octanol–water partition coefficient (Wildman–Crippen LogP) is 2.86. The Kier molecular flexibility index (Phi) is 17.7. The Bertz CT molecular complexity index is 776. The monoisotopic (exact) mass is 474 g/mol. The van der Waals surface area contributed by atoms with Crippen molar-refractivity contribution in [1.29, 1.82) is 0 Å². The molecule has 34 heavy (non-hydrogen) atoms. The largest absolute Gasteiger partial charge is 0.481 e. The van der Waals surface area contributed by atoms with Crippen molar-refractivity contribution in [2.24, 2.45) is 11.7 Å². The number of hydrogen-bond acceptors (Lipinski definition) is 6. The SMILES string of the molecule is NNC(=O)c1ccccc1.NNC(=O)c1ccccc1.O=C(O)CCCCCCCCC(=O)O. The summed E-state index contributed by atoms with van der Waals surface area (Å²) < 4.78 is 0. The number of carboxylic acids is 2. The van der Waals surface area contributed by atoms with Gasteiger partial charge in [0.05, 0.1) is 0 Å². The third kappa shape index (κ3) is 16.9. The van der Waals surface area contributed by atoms with Crippen LogP contribution in [0.1, 0.15) is 72.1 Å². The van der Waals surface area contributed by atoms with E-state index in [9.17, 15) is 19.2 Å². The molecule has 0 unspecified atom stereocenters. The van der Waals surface area contributed by atoms with E-state index in [0.29, 0.717) is 11.1 Å². The van der Waals surface area contributed by atoms with Crippen molar-refractivity contribution in [3.05, 3.63) is 71.8 Å². The highest BCUT2D eigenvalue weighted by Crippen LogP contribution is 2.08. The molecule has 0 spiro atoms. The van der Waals surface area contributed by atoms with E-state index in [0.717, 1.165) is 38.5 Å². The van der Waals surface area contributed by atoms with Crippen molar-refractivity contribution in [2.45, 2.75) is 51.4 Å². The Morgan fingerprint density at radius 2 is 0.853 bits per heavy atom. The molecule has 0 bridgehead atoms. The Balaban J connectivity index is 0.000000489. The van der Waals surface area contributed by atoms with E-state index in [1.54, 1.807) is 48.5 Å². The molecule has 0 aliphatic rings. The molecule has 2 aromatic carbocycles. The molecule has 0 atom stereocenters. The summed E-state index contributed by atoms with van der Waals surface area (Å²) in [5.74, 6) is 7.80. The number of aliphatic carboxylic acids is 2. The number of benzene rings is 2.